The molecule has 0 aliphatic heterocycles. The summed E-state index contributed by atoms with van der Waals surface area (Å²) in [6, 6.07) is -0.445. The molecule has 0 heterocycles. The smallest absolute Gasteiger partial charge is 0.322 e. The van der Waals surface area contributed by atoms with Crippen LogP contribution in [0.2, 0.25) is 0 Å². The highest BCUT2D eigenvalue weighted by Crippen LogP contribution is 2.07. The molecule has 2 N–H and O–H groups in total. The van der Waals surface area contributed by atoms with Crippen molar-refractivity contribution in [1.82, 2.24) is 0 Å². The van der Waals surface area contributed by atoms with Gasteiger partial charge >= 0.3 is 5.97 Å². The van der Waals surface area contributed by atoms with Gasteiger partial charge in [0, 0.05) is 0 Å². The molecule has 0 saturated heterocycles. The first-order valence-corrected chi connectivity index (χ1v) is 5.16. The van der Waals surface area contributed by atoms with Crippen molar-refractivity contribution in [3.05, 3.63) is 12.7 Å². The maximum absolute atomic E-state index is 10.9. The van der Waals surface area contributed by atoms with Crippen molar-refractivity contribution in [3.63, 3.8) is 0 Å². The summed E-state index contributed by atoms with van der Waals surface area (Å²) in [5.74, 6) is -0.309. The average molecular weight is 199 g/mol. The fourth-order valence-corrected chi connectivity index (χ4v) is 1.28. The van der Waals surface area contributed by atoms with E-state index in [4.69, 9.17) is 5.73 Å². The number of carbonyl (C=O) groups excluding carboxylic acids is 1. The van der Waals surface area contributed by atoms with E-state index in [1.165, 1.54) is 20.0 Å². The van der Waals surface area contributed by atoms with Crippen molar-refractivity contribution in [1.29, 1.82) is 0 Å². The van der Waals surface area contributed by atoms with Crippen LogP contribution in [0.3, 0.4) is 0 Å². The second kappa shape index (κ2) is 8.75. The standard InChI is InChI=1S/C11H21NO2/c1-3-4-5-6-7-8-9-10(12)11(13)14-2/h3,10H,1,4-9,12H2,2H3/t10-/m0/s1. The molecule has 0 aromatic heterocycles. The molecule has 0 unspecified atom stereocenters. The van der Waals surface area contributed by atoms with Gasteiger partial charge < -0.3 is 10.5 Å². The molecular weight excluding hydrogens is 178 g/mol. The van der Waals surface area contributed by atoms with Gasteiger partial charge in [-0.25, -0.2) is 0 Å². The minimum Gasteiger partial charge on any atom is -0.468 e. The molecule has 0 fully saturated rings. The highest BCUT2D eigenvalue weighted by atomic mass is 16.5. The van der Waals surface area contributed by atoms with Gasteiger partial charge in [0.2, 0.25) is 0 Å². The lowest BCUT2D eigenvalue weighted by Gasteiger charge is -2.08. The van der Waals surface area contributed by atoms with Crippen molar-refractivity contribution in [3.8, 4) is 0 Å². The van der Waals surface area contributed by atoms with Gasteiger partial charge in [0.05, 0.1) is 7.11 Å². The number of hydrogen-bond acceptors (Lipinski definition) is 3. The molecule has 0 radical (unpaired) electrons. The van der Waals surface area contributed by atoms with Crippen LogP contribution in [0.4, 0.5) is 0 Å². The van der Waals surface area contributed by atoms with Crippen LogP contribution in [0, 0.1) is 0 Å². The Morgan fingerprint density at radius 2 is 2.07 bits per heavy atom. The van der Waals surface area contributed by atoms with Gasteiger partial charge in [-0.15, -0.1) is 6.58 Å². The molecule has 3 nitrogen and oxygen atoms in total. The molecule has 0 rings (SSSR count). The highest BCUT2D eigenvalue weighted by Gasteiger charge is 2.11. The van der Waals surface area contributed by atoms with Crippen molar-refractivity contribution < 1.29 is 9.53 Å². The maximum Gasteiger partial charge on any atom is 0.322 e. The Hall–Kier alpha value is -0.830. The zero-order valence-corrected chi connectivity index (χ0v) is 9.00. The van der Waals surface area contributed by atoms with Crippen LogP contribution >= 0.6 is 0 Å². The van der Waals surface area contributed by atoms with Crippen molar-refractivity contribution in [2.45, 2.75) is 44.6 Å². The molecular formula is C11H21NO2. The molecule has 0 amide bonds. The van der Waals surface area contributed by atoms with Crippen LogP contribution in [-0.2, 0) is 9.53 Å². The molecule has 0 spiro atoms. The summed E-state index contributed by atoms with van der Waals surface area (Å²) in [7, 11) is 1.37. The SMILES string of the molecule is C=CCCCCCC[C@H](N)C(=O)OC. The molecule has 0 saturated carbocycles. The third-order valence-electron chi connectivity index (χ3n) is 2.18. The molecule has 0 bridgehead atoms. The fraction of sp³-hybridized carbons (Fsp3) is 0.727. The predicted octanol–water partition coefficient (Wildman–Crippen LogP) is 2.01. The molecule has 0 aromatic carbocycles. The first kappa shape index (κ1) is 13.2. The van der Waals surface area contributed by atoms with E-state index in [1.54, 1.807) is 0 Å². The topological polar surface area (TPSA) is 52.3 Å². The number of rotatable bonds is 8. The zero-order chi connectivity index (χ0) is 10.8. The average Bonchev–Trinajstić information content (AvgIpc) is 2.21. The summed E-state index contributed by atoms with van der Waals surface area (Å²) in [6.07, 6.45) is 8.20. The van der Waals surface area contributed by atoms with Crippen LogP contribution in [0.5, 0.6) is 0 Å². The van der Waals surface area contributed by atoms with E-state index in [-0.39, 0.29) is 5.97 Å². The number of allylic oxidation sites excluding steroid dienone is 1. The second-order valence-electron chi connectivity index (χ2n) is 3.41. The summed E-state index contributed by atoms with van der Waals surface area (Å²) in [5, 5.41) is 0. The number of unbranched alkanes of at least 4 members (excludes halogenated alkanes) is 4. The molecule has 3 heteroatoms. The Morgan fingerprint density at radius 3 is 2.64 bits per heavy atom. The van der Waals surface area contributed by atoms with Crippen LogP contribution in [0.1, 0.15) is 38.5 Å². The normalized spacial score (nSPS) is 12.1. The van der Waals surface area contributed by atoms with Crippen LogP contribution < -0.4 is 5.73 Å². The molecule has 1 atom stereocenters. The minimum absolute atomic E-state index is 0.309. The van der Waals surface area contributed by atoms with Gasteiger partial charge in [-0.2, -0.15) is 0 Å². The minimum atomic E-state index is -0.445. The molecule has 0 aliphatic rings. The predicted molar refractivity (Wildman–Crippen MR) is 57.9 cm³/mol. The highest BCUT2D eigenvalue weighted by molar-refractivity contribution is 5.75. The number of ether oxygens (including phenoxy) is 1. The summed E-state index contributed by atoms with van der Waals surface area (Å²) >= 11 is 0. The van der Waals surface area contributed by atoms with Gasteiger partial charge in [-0.3, -0.25) is 4.79 Å². The number of nitrogens with two attached hydrogens (primary N) is 1. The Balaban J connectivity index is 3.27. The Morgan fingerprint density at radius 1 is 1.43 bits per heavy atom. The van der Waals surface area contributed by atoms with Crippen LogP contribution in [0.15, 0.2) is 12.7 Å². The number of carbonyl (C=O) groups is 1. The van der Waals surface area contributed by atoms with Crippen molar-refractivity contribution in [2.75, 3.05) is 7.11 Å². The van der Waals surface area contributed by atoms with Crippen molar-refractivity contribution in [2.24, 2.45) is 5.73 Å². The van der Waals surface area contributed by atoms with E-state index in [0.29, 0.717) is 0 Å². The van der Waals surface area contributed by atoms with E-state index < -0.39 is 6.04 Å². The van der Waals surface area contributed by atoms with Gasteiger partial charge in [-0.05, 0) is 19.3 Å². The van der Waals surface area contributed by atoms with E-state index in [9.17, 15) is 4.79 Å². The summed E-state index contributed by atoms with van der Waals surface area (Å²) in [6.45, 7) is 3.66. The van der Waals surface area contributed by atoms with Crippen molar-refractivity contribution >= 4 is 5.97 Å². The third kappa shape index (κ3) is 6.66. The lowest BCUT2D eigenvalue weighted by atomic mass is 10.1. The van der Waals surface area contributed by atoms with Gasteiger partial charge in [0.15, 0.2) is 0 Å². The first-order valence-electron chi connectivity index (χ1n) is 5.16. The molecule has 82 valence electrons. The third-order valence-corrected chi connectivity index (χ3v) is 2.18. The van der Waals surface area contributed by atoms with Gasteiger partial charge in [0.1, 0.15) is 6.04 Å². The largest absolute Gasteiger partial charge is 0.468 e. The summed E-state index contributed by atoms with van der Waals surface area (Å²) < 4.78 is 4.53. The van der Waals surface area contributed by atoms with Gasteiger partial charge in [0.25, 0.3) is 0 Å². The lowest BCUT2D eigenvalue weighted by Crippen LogP contribution is -2.31. The first-order chi connectivity index (χ1) is 6.72. The number of esters is 1. The Kier molecular flexibility index (Phi) is 8.24. The van der Waals surface area contributed by atoms with E-state index in [0.717, 1.165) is 25.7 Å². The van der Waals surface area contributed by atoms with E-state index >= 15 is 0 Å². The van der Waals surface area contributed by atoms with Crippen LogP contribution in [-0.4, -0.2) is 19.1 Å². The molecule has 14 heavy (non-hydrogen) atoms. The molecule has 0 aromatic rings. The Bertz CT molecular complexity index is 169. The van der Waals surface area contributed by atoms with Crippen LogP contribution in [0.25, 0.3) is 0 Å². The number of methoxy groups -OCH3 is 1. The fourth-order valence-electron chi connectivity index (χ4n) is 1.28. The second-order valence-corrected chi connectivity index (χ2v) is 3.41. The zero-order valence-electron chi connectivity index (χ0n) is 9.00. The Labute approximate surface area is 86.3 Å². The molecule has 0 aliphatic carbocycles. The maximum atomic E-state index is 10.9. The number of hydrogen-bond donors (Lipinski definition) is 1. The van der Waals surface area contributed by atoms with E-state index in [2.05, 4.69) is 11.3 Å². The monoisotopic (exact) mass is 199 g/mol. The quantitative estimate of drug-likeness (QED) is 0.369. The lowest BCUT2D eigenvalue weighted by molar-refractivity contribution is -0.142. The summed E-state index contributed by atoms with van der Waals surface area (Å²) in [5.41, 5.74) is 5.58. The van der Waals surface area contributed by atoms with E-state index in [1.807, 2.05) is 6.08 Å². The van der Waals surface area contributed by atoms with Gasteiger partial charge in [-0.1, -0.05) is 25.3 Å². The summed E-state index contributed by atoms with van der Waals surface area (Å²) in [4.78, 5) is 10.9.